The lowest BCUT2D eigenvalue weighted by Gasteiger charge is -1.99. The quantitative estimate of drug-likeness (QED) is 0.903. The lowest BCUT2D eigenvalue weighted by Crippen LogP contribution is -2.10. The van der Waals surface area contributed by atoms with E-state index in [0.717, 1.165) is 26.9 Å². The highest BCUT2D eigenvalue weighted by molar-refractivity contribution is 9.10. The van der Waals surface area contributed by atoms with Crippen molar-refractivity contribution in [3.63, 3.8) is 0 Å². The average Bonchev–Trinajstić information content (AvgIpc) is 2.75. The molecule has 0 fully saturated rings. The van der Waals surface area contributed by atoms with Crippen LogP contribution < -0.4 is 5.32 Å². The summed E-state index contributed by atoms with van der Waals surface area (Å²) in [6, 6.07) is 2.05. The molecule has 0 aliphatic heterocycles. The molecule has 0 saturated heterocycles. The van der Waals surface area contributed by atoms with Crippen LogP contribution in [-0.4, -0.2) is 4.98 Å². The van der Waals surface area contributed by atoms with Gasteiger partial charge in [-0.3, -0.25) is 0 Å². The van der Waals surface area contributed by atoms with Gasteiger partial charge in [-0.25, -0.2) is 4.98 Å². The highest BCUT2D eigenvalue weighted by atomic mass is 79.9. The minimum absolute atomic E-state index is 0.811. The van der Waals surface area contributed by atoms with Crippen LogP contribution in [-0.2, 0) is 13.1 Å². The van der Waals surface area contributed by atoms with Gasteiger partial charge in [0.25, 0.3) is 0 Å². The summed E-state index contributed by atoms with van der Waals surface area (Å²) in [5.41, 5.74) is 0. The number of hydrogen-bond donors (Lipinski definition) is 1. The van der Waals surface area contributed by atoms with Crippen molar-refractivity contribution in [1.29, 1.82) is 0 Å². The molecular weight excluding hydrogens is 328 g/mol. The SMILES string of the molecule is Cc1ncc(CNCc2cc(Br)c(Cl)s2)s1. The molecule has 2 aromatic heterocycles. The Hall–Kier alpha value is 0.0600. The highest BCUT2D eigenvalue weighted by Gasteiger charge is 2.04. The van der Waals surface area contributed by atoms with Crippen molar-refractivity contribution in [3.05, 3.63) is 35.8 Å². The van der Waals surface area contributed by atoms with E-state index in [-0.39, 0.29) is 0 Å². The fourth-order valence-corrected chi connectivity index (χ4v) is 3.80. The van der Waals surface area contributed by atoms with Crippen LogP contribution in [0.5, 0.6) is 0 Å². The van der Waals surface area contributed by atoms with E-state index in [4.69, 9.17) is 11.6 Å². The third-order valence-electron chi connectivity index (χ3n) is 1.96. The summed E-state index contributed by atoms with van der Waals surface area (Å²) < 4.78 is 1.79. The molecule has 16 heavy (non-hydrogen) atoms. The summed E-state index contributed by atoms with van der Waals surface area (Å²) >= 11 is 12.7. The number of nitrogens with zero attached hydrogens (tertiary/aromatic N) is 1. The Balaban J connectivity index is 1.84. The van der Waals surface area contributed by atoms with E-state index >= 15 is 0 Å². The van der Waals surface area contributed by atoms with Gasteiger partial charge in [-0.2, -0.15) is 0 Å². The van der Waals surface area contributed by atoms with Crippen LogP contribution in [0.15, 0.2) is 16.7 Å². The third-order valence-corrected chi connectivity index (χ3v) is 5.35. The molecule has 86 valence electrons. The monoisotopic (exact) mass is 336 g/mol. The normalized spacial score (nSPS) is 10.9. The maximum atomic E-state index is 5.96. The van der Waals surface area contributed by atoms with Crippen LogP contribution in [0.1, 0.15) is 14.8 Å². The summed E-state index contributed by atoms with van der Waals surface area (Å²) in [5.74, 6) is 0. The van der Waals surface area contributed by atoms with Gasteiger partial charge in [0.2, 0.25) is 0 Å². The average molecular weight is 338 g/mol. The van der Waals surface area contributed by atoms with Crippen molar-refractivity contribution in [1.82, 2.24) is 10.3 Å². The van der Waals surface area contributed by atoms with E-state index in [0.29, 0.717) is 0 Å². The van der Waals surface area contributed by atoms with Gasteiger partial charge < -0.3 is 5.32 Å². The molecule has 0 bridgehead atoms. The first kappa shape index (κ1) is 12.5. The molecule has 0 aliphatic rings. The number of nitrogens with one attached hydrogen (secondary N) is 1. The van der Waals surface area contributed by atoms with Crippen molar-refractivity contribution in [2.75, 3.05) is 0 Å². The molecule has 6 heteroatoms. The van der Waals surface area contributed by atoms with Crippen molar-refractivity contribution in [2.24, 2.45) is 0 Å². The smallest absolute Gasteiger partial charge is 0.107 e. The van der Waals surface area contributed by atoms with Gasteiger partial charge in [0.15, 0.2) is 0 Å². The number of aryl methyl sites for hydroxylation is 1. The molecule has 0 aromatic carbocycles. The second kappa shape index (κ2) is 5.60. The first-order chi connectivity index (χ1) is 7.65. The van der Waals surface area contributed by atoms with Crippen LogP contribution >= 0.6 is 50.2 Å². The Kier molecular flexibility index (Phi) is 4.38. The first-order valence-corrected chi connectivity index (χ1v) is 7.51. The second-order valence-corrected chi connectivity index (χ2v) is 7.20. The molecule has 0 atom stereocenters. The predicted octanol–water partition coefficient (Wildman–Crippen LogP) is 4.22. The summed E-state index contributed by atoms with van der Waals surface area (Å²) in [7, 11) is 0. The fraction of sp³-hybridized carbons (Fsp3) is 0.300. The number of thiazole rings is 1. The standard InChI is InChI=1S/C10H10BrClN2S2/c1-6-14-5-8(15-6)4-13-3-7-2-9(11)10(12)16-7/h2,5,13H,3-4H2,1H3. The van der Waals surface area contributed by atoms with Crippen LogP contribution in [0.4, 0.5) is 0 Å². The van der Waals surface area contributed by atoms with Crippen molar-refractivity contribution in [2.45, 2.75) is 20.0 Å². The highest BCUT2D eigenvalue weighted by Crippen LogP contribution is 2.31. The number of thiophene rings is 1. The molecule has 0 spiro atoms. The molecular formula is C10H10BrClN2S2. The van der Waals surface area contributed by atoms with E-state index in [9.17, 15) is 0 Å². The van der Waals surface area contributed by atoms with Crippen LogP contribution in [0, 0.1) is 6.92 Å². The Morgan fingerprint density at radius 1 is 1.38 bits per heavy atom. The van der Waals surface area contributed by atoms with Gasteiger partial charge >= 0.3 is 0 Å². The zero-order chi connectivity index (χ0) is 11.5. The largest absolute Gasteiger partial charge is 0.307 e. The van der Waals surface area contributed by atoms with Crippen molar-refractivity contribution in [3.8, 4) is 0 Å². The Bertz CT molecular complexity index is 461. The summed E-state index contributed by atoms with van der Waals surface area (Å²) in [4.78, 5) is 6.71. The molecule has 0 aliphatic carbocycles. The number of rotatable bonds is 4. The number of aromatic nitrogens is 1. The topological polar surface area (TPSA) is 24.9 Å². The molecule has 1 N–H and O–H groups in total. The zero-order valence-electron chi connectivity index (χ0n) is 8.59. The van der Waals surface area contributed by atoms with Gasteiger partial charge in [0.1, 0.15) is 4.34 Å². The summed E-state index contributed by atoms with van der Waals surface area (Å²) in [5, 5.41) is 4.48. The zero-order valence-corrected chi connectivity index (χ0v) is 12.6. The summed E-state index contributed by atoms with van der Waals surface area (Å²) in [6.07, 6.45) is 1.92. The molecule has 2 nitrogen and oxygen atoms in total. The number of halogens is 2. The van der Waals surface area contributed by atoms with Crippen molar-refractivity contribution >= 4 is 50.2 Å². The predicted molar refractivity (Wildman–Crippen MR) is 74.4 cm³/mol. The third kappa shape index (κ3) is 3.28. The Labute approximate surface area is 116 Å². The molecule has 0 saturated carbocycles. The molecule has 0 amide bonds. The Morgan fingerprint density at radius 3 is 2.69 bits per heavy atom. The summed E-state index contributed by atoms with van der Waals surface area (Å²) in [6.45, 7) is 3.72. The second-order valence-electron chi connectivity index (χ2n) is 3.28. The molecule has 0 radical (unpaired) electrons. The maximum absolute atomic E-state index is 5.96. The van der Waals surface area contributed by atoms with E-state index < -0.39 is 0 Å². The minimum atomic E-state index is 0.811. The lowest BCUT2D eigenvalue weighted by atomic mass is 10.4. The van der Waals surface area contributed by atoms with E-state index in [1.165, 1.54) is 9.75 Å². The maximum Gasteiger partial charge on any atom is 0.107 e. The number of hydrogen-bond acceptors (Lipinski definition) is 4. The van der Waals surface area contributed by atoms with Crippen LogP contribution in [0.2, 0.25) is 4.34 Å². The van der Waals surface area contributed by atoms with Gasteiger partial charge in [0, 0.05) is 33.5 Å². The van der Waals surface area contributed by atoms with Gasteiger partial charge in [0.05, 0.1) is 5.01 Å². The van der Waals surface area contributed by atoms with Gasteiger partial charge in [-0.05, 0) is 28.9 Å². The van der Waals surface area contributed by atoms with Crippen molar-refractivity contribution < 1.29 is 0 Å². The van der Waals surface area contributed by atoms with E-state index in [1.807, 2.05) is 13.1 Å². The molecule has 2 heterocycles. The first-order valence-electron chi connectivity index (χ1n) is 4.71. The molecule has 0 unspecified atom stereocenters. The molecule has 2 aromatic rings. The fourth-order valence-electron chi connectivity index (χ4n) is 1.27. The van der Waals surface area contributed by atoms with E-state index in [1.54, 1.807) is 22.7 Å². The van der Waals surface area contributed by atoms with Crippen LogP contribution in [0.25, 0.3) is 0 Å². The van der Waals surface area contributed by atoms with Gasteiger partial charge in [-0.1, -0.05) is 11.6 Å². The molecule has 2 rings (SSSR count). The van der Waals surface area contributed by atoms with E-state index in [2.05, 4.69) is 32.3 Å². The minimum Gasteiger partial charge on any atom is -0.307 e. The van der Waals surface area contributed by atoms with Gasteiger partial charge in [-0.15, -0.1) is 22.7 Å². The lowest BCUT2D eigenvalue weighted by molar-refractivity contribution is 0.708. The van der Waals surface area contributed by atoms with Crippen LogP contribution in [0.3, 0.4) is 0 Å². The Morgan fingerprint density at radius 2 is 2.12 bits per heavy atom.